The standard InChI is InChI=1S/C6H8N4O4/c11-2(12)1-10-4-3(8-6(10)14)7-5(13)9-4/h3-4H,1H2,(H,8,14)(H,11,12)(H2,7,9,13)/p-1/t3-,4-/m1/s1. The second kappa shape index (κ2) is 2.76. The Morgan fingerprint density at radius 3 is 2.71 bits per heavy atom. The van der Waals surface area contributed by atoms with Gasteiger partial charge in [0.15, 0.2) is 0 Å². The van der Waals surface area contributed by atoms with Crippen LogP contribution in [0, 0.1) is 0 Å². The van der Waals surface area contributed by atoms with E-state index >= 15 is 0 Å². The van der Waals surface area contributed by atoms with Crippen LogP contribution in [-0.2, 0) is 4.79 Å². The van der Waals surface area contributed by atoms with Gasteiger partial charge in [0.05, 0.1) is 12.5 Å². The number of fused-ring (bicyclic) bond motifs is 1. The predicted molar refractivity (Wildman–Crippen MR) is 39.5 cm³/mol. The second-order valence-corrected chi connectivity index (χ2v) is 2.99. The van der Waals surface area contributed by atoms with Gasteiger partial charge in [0.25, 0.3) is 0 Å². The molecule has 0 radical (unpaired) electrons. The van der Waals surface area contributed by atoms with Crippen LogP contribution in [-0.4, -0.2) is 41.8 Å². The van der Waals surface area contributed by atoms with Gasteiger partial charge >= 0.3 is 12.1 Å². The number of carboxylic acid groups (broad SMARTS) is 1. The second-order valence-electron chi connectivity index (χ2n) is 2.99. The van der Waals surface area contributed by atoms with E-state index in [-0.39, 0.29) is 0 Å². The molecule has 2 aliphatic rings. The first kappa shape index (κ1) is 8.60. The molecule has 2 rings (SSSR count). The van der Waals surface area contributed by atoms with Crippen molar-refractivity contribution in [1.29, 1.82) is 0 Å². The Balaban J connectivity index is 2.12. The number of amides is 4. The van der Waals surface area contributed by atoms with E-state index < -0.39 is 36.9 Å². The molecule has 0 unspecified atom stereocenters. The highest BCUT2D eigenvalue weighted by Gasteiger charge is 2.45. The summed E-state index contributed by atoms with van der Waals surface area (Å²) in [6, 6.07) is -0.986. The van der Waals surface area contributed by atoms with Crippen LogP contribution in [0.15, 0.2) is 0 Å². The lowest BCUT2D eigenvalue weighted by Crippen LogP contribution is -2.48. The molecule has 2 atom stereocenters. The Bertz CT molecular complexity index is 317. The fraction of sp³-hybridized carbons (Fsp3) is 0.500. The summed E-state index contributed by atoms with van der Waals surface area (Å²) < 4.78 is 0. The molecule has 2 heterocycles. The average Bonchev–Trinajstić information content (AvgIpc) is 2.51. The van der Waals surface area contributed by atoms with Crippen LogP contribution in [0.2, 0.25) is 0 Å². The molecule has 8 heteroatoms. The van der Waals surface area contributed by atoms with Crippen molar-refractivity contribution in [2.45, 2.75) is 12.3 Å². The molecule has 0 saturated carbocycles. The summed E-state index contributed by atoms with van der Waals surface area (Å²) in [5, 5.41) is 17.5. The number of carbonyl (C=O) groups excluding carboxylic acids is 3. The van der Waals surface area contributed by atoms with Gasteiger partial charge in [-0.2, -0.15) is 0 Å². The van der Waals surface area contributed by atoms with E-state index in [0.717, 1.165) is 4.90 Å². The van der Waals surface area contributed by atoms with E-state index in [1.807, 2.05) is 0 Å². The lowest BCUT2D eigenvalue weighted by atomic mass is 10.4. The summed E-state index contributed by atoms with van der Waals surface area (Å²) in [6.07, 6.45) is -1.23. The van der Waals surface area contributed by atoms with Gasteiger partial charge in [0, 0.05) is 0 Å². The molecule has 0 aliphatic carbocycles. The zero-order chi connectivity index (χ0) is 10.3. The molecule has 0 aromatic heterocycles. The van der Waals surface area contributed by atoms with Crippen LogP contribution in [0.25, 0.3) is 0 Å². The van der Waals surface area contributed by atoms with Crippen molar-refractivity contribution in [3.63, 3.8) is 0 Å². The number of hydrogen-bond donors (Lipinski definition) is 3. The van der Waals surface area contributed by atoms with Crippen molar-refractivity contribution >= 4 is 18.0 Å². The molecule has 2 fully saturated rings. The van der Waals surface area contributed by atoms with E-state index in [9.17, 15) is 19.5 Å². The summed E-state index contributed by atoms with van der Waals surface area (Å²) in [4.78, 5) is 33.3. The normalized spacial score (nSPS) is 29.3. The largest absolute Gasteiger partial charge is 0.548 e. The Labute approximate surface area is 78.2 Å². The Hall–Kier alpha value is -1.99. The van der Waals surface area contributed by atoms with Gasteiger partial charge in [-0.15, -0.1) is 0 Å². The van der Waals surface area contributed by atoms with Crippen LogP contribution in [0.3, 0.4) is 0 Å². The van der Waals surface area contributed by atoms with E-state index in [4.69, 9.17) is 0 Å². The van der Waals surface area contributed by atoms with Crippen molar-refractivity contribution in [2.24, 2.45) is 0 Å². The quantitative estimate of drug-likeness (QED) is 0.432. The third kappa shape index (κ3) is 1.20. The van der Waals surface area contributed by atoms with Crippen LogP contribution in [0.1, 0.15) is 0 Å². The highest BCUT2D eigenvalue weighted by Crippen LogP contribution is 2.12. The first-order chi connectivity index (χ1) is 6.58. The number of nitrogens with one attached hydrogen (secondary N) is 3. The van der Waals surface area contributed by atoms with Gasteiger partial charge in [-0.3, -0.25) is 4.90 Å². The molecule has 0 aromatic carbocycles. The molecular formula is C6H7N4O4-. The molecule has 0 bridgehead atoms. The molecule has 0 spiro atoms. The number of aliphatic carboxylic acids is 1. The Kier molecular flexibility index (Phi) is 1.69. The summed E-state index contributed by atoms with van der Waals surface area (Å²) in [5.41, 5.74) is 0. The third-order valence-electron chi connectivity index (χ3n) is 2.06. The van der Waals surface area contributed by atoms with Gasteiger partial charge in [-0.1, -0.05) is 0 Å². The van der Waals surface area contributed by atoms with Crippen molar-refractivity contribution in [1.82, 2.24) is 20.9 Å². The van der Waals surface area contributed by atoms with E-state index in [2.05, 4.69) is 16.0 Å². The van der Waals surface area contributed by atoms with Gasteiger partial charge in [-0.05, 0) is 0 Å². The number of urea groups is 2. The fourth-order valence-electron chi connectivity index (χ4n) is 1.50. The van der Waals surface area contributed by atoms with E-state index in [0.29, 0.717) is 0 Å². The summed E-state index contributed by atoms with van der Waals surface area (Å²) >= 11 is 0. The minimum Gasteiger partial charge on any atom is -0.548 e. The Morgan fingerprint density at radius 2 is 2.07 bits per heavy atom. The maximum atomic E-state index is 11.2. The van der Waals surface area contributed by atoms with Gasteiger partial charge in [0.1, 0.15) is 12.3 Å². The summed E-state index contributed by atoms with van der Waals surface area (Å²) in [7, 11) is 0. The molecule has 76 valence electrons. The van der Waals surface area contributed by atoms with Crippen molar-refractivity contribution in [3.05, 3.63) is 0 Å². The lowest BCUT2D eigenvalue weighted by molar-refractivity contribution is -0.305. The molecule has 0 aromatic rings. The minimum absolute atomic E-state index is 0.441. The summed E-state index contributed by atoms with van der Waals surface area (Å²) in [5.74, 6) is -1.37. The Morgan fingerprint density at radius 1 is 1.36 bits per heavy atom. The van der Waals surface area contributed by atoms with Crippen molar-refractivity contribution in [3.8, 4) is 0 Å². The average molecular weight is 199 g/mol. The zero-order valence-corrected chi connectivity index (χ0v) is 6.94. The van der Waals surface area contributed by atoms with Crippen LogP contribution in [0.4, 0.5) is 9.59 Å². The van der Waals surface area contributed by atoms with Crippen LogP contribution < -0.4 is 21.1 Å². The van der Waals surface area contributed by atoms with Gasteiger partial charge in [0.2, 0.25) is 0 Å². The number of hydrogen-bond acceptors (Lipinski definition) is 4. The molecule has 14 heavy (non-hydrogen) atoms. The maximum Gasteiger partial charge on any atom is 0.321 e. The molecule has 4 amide bonds. The zero-order valence-electron chi connectivity index (χ0n) is 6.94. The third-order valence-corrected chi connectivity index (χ3v) is 2.06. The maximum absolute atomic E-state index is 11.2. The van der Waals surface area contributed by atoms with E-state index in [1.165, 1.54) is 0 Å². The molecular weight excluding hydrogens is 192 g/mol. The SMILES string of the molecule is O=C([O-])CN1C(=O)N[C@H]2NC(=O)N[C@@H]21. The number of rotatable bonds is 2. The predicted octanol–water partition coefficient (Wildman–Crippen LogP) is -3.27. The smallest absolute Gasteiger partial charge is 0.321 e. The number of carboxylic acids is 1. The van der Waals surface area contributed by atoms with Crippen LogP contribution in [0.5, 0.6) is 0 Å². The highest BCUT2D eigenvalue weighted by molar-refractivity contribution is 5.86. The fourth-order valence-corrected chi connectivity index (χ4v) is 1.50. The molecule has 8 nitrogen and oxygen atoms in total. The first-order valence-electron chi connectivity index (χ1n) is 3.92. The molecule has 3 N–H and O–H groups in total. The monoisotopic (exact) mass is 199 g/mol. The van der Waals surface area contributed by atoms with E-state index in [1.54, 1.807) is 0 Å². The lowest BCUT2D eigenvalue weighted by Gasteiger charge is -2.21. The van der Waals surface area contributed by atoms with Crippen molar-refractivity contribution < 1.29 is 19.5 Å². The summed E-state index contributed by atoms with van der Waals surface area (Å²) in [6.45, 7) is -0.547. The number of carbonyl (C=O) groups is 3. The van der Waals surface area contributed by atoms with Gasteiger partial charge in [-0.25, -0.2) is 9.59 Å². The molecule has 2 saturated heterocycles. The van der Waals surface area contributed by atoms with Crippen LogP contribution >= 0.6 is 0 Å². The minimum atomic E-state index is -1.37. The highest BCUT2D eigenvalue weighted by atomic mass is 16.4. The first-order valence-corrected chi connectivity index (χ1v) is 3.92. The van der Waals surface area contributed by atoms with Gasteiger partial charge < -0.3 is 25.9 Å². The topological polar surface area (TPSA) is 114 Å². The van der Waals surface area contributed by atoms with Crippen molar-refractivity contribution in [2.75, 3.05) is 6.54 Å². The number of nitrogens with zero attached hydrogens (tertiary/aromatic N) is 1. The molecule has 2 aliphatic heterocycles.